The second-order valence-electron chi connectivity index (χ2n) is 11.7. The van der Waals surface area contributed by atoms with Crippen LogP contribution in [0.3, 0.4) is 0 Å². The largest absolute Gasteiger partial charge is 0.486 e. The molecule has 3 N–H and O–H groups in total. The lowest BCUT2D eigenvalue weighted by atomic mass is 9.89. The predicted octanol–water partition coefficient (Wildman–Crippen LogP) is 6.08. The molecule has 1 aliphatic heterocycles. The van der Waals surface area contributed by atoms with Crippen molar-refractivity contribution in [1.29, 1.82) is 0 Å². The molecular formula is C31H41F3N4O4. The molecule has 2 aliphatic rings. The Balaban J connectivity index is 1.58. The van der Waals surface area contributed by atoms with Crippen LogP contribution in [0.2, 0.25) is 0 Å². The fraction of sp³-hybridized carbons (Fsp3) is 0.548. The summed E-state index contributed by atoms with van der Waals surface area (Å²) in [6, 6.07) is 7.89. The number of aliphatic hydroxyl groups is 1. The van der Waals surface area contributed by atoms with Crippen molar-refractivity contribution in [2.45, 2.75) is 64.3 Å². The highest BCUT2D eigenvalue weighted by Gasteiger charge is 2.35. The molecule has 0 radical (unpaired) electrons. The van der Waals surface area contributed by atoms with E-state index in [1.165, 1.54) is 44.2 Å². The number of amides is 3. The Morgan fingerprint density at radius 3 is 2.43 bits per heavy atom. The van der Waals surface area contributed by atoms with E-state index >= 15 is 0 Å². The van der Waals surface area contributed by atoms with Crippen molar-refractivity contribution in [3.63, 3.8) is 0 Å². The summed E-state index contributed by atoms with van der Waals surface area (Å²) in [5, 5.41) is 15.2. The molecule has 3 atom stereocenters. The number of anilines is 2. The van der Waals surface area contributed by atoms with E-state index in [-0.39, 0.29) is 47.2 Å². The molecule has 8 nitrogen and oxygen atoms in total. The summed E-state index contributed by atoms with van der Waals surface area (Å²) in [6.45, 7) is 5.56. The number of hydrogen-bond acceptors (Lipinski definition) is 5. The molecule has 2 aromatic carbocycles. The number of halogens is 3. The molecular weight excluding hydrogens is 549 g/mol. The highest BCUT2D eigenvalue weighted by molar-refractivity contribution is 6.04. The van der Waals surface area contributed by atoms with E-state index in [9.17, 15) is 27.9 Å². The van der Waals surface area contributed by atoms with Crippen molar-refractivity contribution in [2.24, 2.45) is 11.8 Å². The molecule has 2 aromatic rings. The summed E-state index contributed by atoms with van der Waals surface area (Å²) in [6.07, 6.45) is 1.42. The van der Waals surface area contributed by atoms with Gasteiger partial charge in [-0.05, 0) is 69.1 Å². The van der Waals surface area contributed by atoms with E-state index in [1.807, 2.05) is 6.92 Å². The van der Waals surface area contributed by atoms with Gasteiger partial charge >= 0.3 is 12.2 Å². The Morgan fingerprint density at radius 1 is 1.10 bits per heavy atom. The lowest BCUT2D eigenvalue weighted by molar-refractivity contribution is -0.137. The third-order valence-electron chi connectivity index (χ3n) is 8.20. The Labute approximate surface area is 245 Å². The fourth-order valence-electron chi connectivity index (χ4n) is 5.78. The van der Waals surface area contributed by atoms with Crippen LogP contribution in [0.1, 0.15) is 61.9 Å². The maximum absolute atomic E-state index is 13.7. The van der Waals surface area contributed by atoms with Crippen LogP contribution in [-0.2, 0) is 6.18 Å². The number of carbonyl (C=O) groups excluding carboxylic acids is 2. The molecule has 1 fully saturated rings. The average molecular weight is 591 g/mol. The van der Waals surface area contributed by atoms with Gasteiger partial charge in [-0.1, -0.05) is 32.3 Å². The van der Waals surface area contributed by atoms with E-state index in [0.29, 0.717) is 19.0 Å². The van der Waals surface area contributed by atoms with Gasteiger partial charge in [0.15, 0.2) is 5.75 Å². The first-order chi connectivity index (χ1) is 20.0. The maximum Gasteiger partial charge on any atom is 0.416 e. The lowest BCUT2D eigenvalue weighted by Crippen LogP contribution is -2.50. The van der Waals surface area contributed by atoms with Crippen LogP contribution in [0.15, 0.2) is 42.5 Å². The molecule has 0 saturated heterocycles. The topological polar surface area (TPSA) is 94.1 Å². The van der Waals surface area contributed by atoms with Crippen molar-refractivity contribution in [3.8, 4) is 5.75 Å². The van der Waals surface area contributed by atoms with Gasteiger partial charge in [0.1, 0.15) is 6.10 Å². The van der Waals surface area contributed by atoms with Gasteiger partial charge in [-0.3, -0.25) is 4.79 Å². The minimum atomic E-state index is -4.48. The first-order valence-electron chi connectivity index (χ1n) is 14.6. The first kappa shape index (κ1) is 31.6. The van der Waals surface area contributed by atoms with Crippen molar-refractivity contribution in [2.75, 3.05) is 43.9 Å². The van der Waals surface area contributed by atoms with Gasteiger partial charge in [0.25, 0.3) is 5.91 Å². The quantitative estimate of drug-likeness (QED) is 0.347. The van der Waals surface area contributed by atoms with Crippen LogP contribution in [0.5, 0.6) is 5.75 Å². The molecule has 0 unspecified atom stereocenters. The normalized spacial score (nSPS) is 20.8. The van der Waals surface area contributed by atoms with Gasteiger partial charge < -0.3 is 30.3 Å². The van der Waals surface area contributed by atoms with Gasteiger partial charge in [0.2, 0.25) is 0 Å². The summed E-state index contributed by atoms with van der Waals surface area (Å²) >= 11 is 0. The molecule has 0 bridgehead atoms. The summed E-state index contributed by atoms with van der Waals surface area (Å²) in [5.41, 5.74) is -0.124. The molecule has 42 heavy (non-hydrogen) atoms. The van der Waals surface area contributed by atoms with Crippen LogP contribution in [0.4, 0.5) is 29.3 Å². The third-order valence-corrected chi connectivity index (χ3v) is 8.20. The Kier molecular flexibility index (Phi) is 10.4. The van der Waals surface area contributed by atoms with Gasteiger partial charge in [-0.2, -0.15) is 13.2 Å². The number of likely N-dealkylation sites (N-methyl/N-ethyl adjacent to an activating group) is 1. The third kappa shape index (κ3) is 7.95. The Hall–Kier alpha value is -3.31. The summed E-state index contributed by atoms with van der Waals surface area (Å²) in [4.78, 5) is 30.5. The number of carbonyl (C=O) groups is 2. The summed E-state index contributed by atoms with van der Waals surface area (Å²) in [5.74, 6) is 0.458. The highest BCUT2D eigenvalue weighted by Crippen LogP contribution is 2.36. The summed E-state index contributed by atoms with van der Waals surface area (Å²) < 4.78 is 45.3. The van der Waals surface area contributed by atoms with Crippen LogP contribution >= 0.6 is 0 Å². The van der Waals surface area contributed by atoms with Crippen LogP contribution < -0.4 is 15.4 Å². The number of benzene rings is 2. The zero-order valence-electron chi connectivity index (χ0n) is 24.4. The van der Waals surface area contributed by atoms with Crippen LogP contribution in [0.25, 0.3) is 0 Å². The van der Waals surface area contributed by atoms with E-state index in [4.69, 9.17) is 4.74 Å². The van der Waals surface area contributed by atoms with Crippen molar-refractivity contribution in [3.05, 3.63) is 53.6 Å². The number of alkyl halides is 3. The monoisotopic (exact) mass is 590 g/mol. The number of nitrogens with one attached hydrogen (secondary N) is 2. The SMILES string of the molecule is C[C@H](CO)N1C[C@H](C)[C@@H](CN(C)CC2CCCCC2)Oc2c(NC(=O)Nc3ccc(C(F)(F)F)cc3)cccc2C1=O. The van der Waals surface area contributed by atoms with Gasteiger partial charge in [0, 0.05) is 31.2 Å². The molecule has 11 heteroatoms. The van der Waals surface area contributed by atoms with E-state index in [2.05, 4.69) is 22.6 Å². The van der Waals surface area contributed by atoms with E-state index in [0.717, 1.165) is 18.7 Å². The average Bonchev–Trinajstić information content (AvgIpc) is 2.95. The van der Waals surface area contributed by atoms with Gasteiger partial charge in [-0.15, -0.1) is 0 Å². The minimum Gasteiger partial charge on any atom is -0.486 e. The molecule has 230 valence electrons. The summed E-state index contributed by atoms with van der Waals surface area (Å²) in [7, 11) is 2.07. The molecule has 0 aromatic heterocycles. The number of hydrogen-bond donors (Lipinski definition) is 3. The number of para-hydroxylation sites is 1. The Morgan fingerprint density at radius 2 is 1.79 bits per heavy atom. The second kappa shape index (κ2) is 13.8. The second-order valence-corrected chi connectivity index (χ2v) is 11.7. The van der Waals surface area contributed by atoms with Gasteiger partial charge in [-0.25, -0.2) is 4.79 Å². The first-order valence-corrected chi connectivity index (χ1v) is 14.6. The molecule has 4 rings (SSSR count). The lowest BCUT2D eigenvalue weighted by Gasteiger charge is -2.39. The van der Waals surface area contributed by atoms with Crippen molar-refractivity contribution >= 4 is 23.3 Å². The van der Waals surface area contributed by atoms with Crippen LogP contribution in [-0.4, -0.2) is 72.3 Å². The standard InChI is InChI=1S/C31H41F3N4O4/c1-20-16-38(21(2)19-39)29(40)25-10-7-11-26(36-30(41)35-24-14-12-23(13-15-24)31(32,33)34)28(25)42-27(20)18-37(3)17-22-8-5-4-6-9-22/h7,10-15,20-22,27,39H,4-6,8-9,16-19H2,1-3H3,(H2,35,36,41)/t20-,21+,27+/m0/s1. The molecule has 1 saturated carbocycles. The van der Waals surface area contributed by atoms with E-state index < -0.39 is 23.8 Å². The molecule has 1 aliphatic carbocycles. The number of fused-ring (bicyclic) bond motifs is 1. The number of rotatable bonds is 8. The van der Waals surface area contributed by atoms with Crippen molar-refractivity contribution < 1.29 is 32.6 Å². The predicted molar refractivity (Wildman–Crippen MR) is 156 cm³/mol. The van der Waals surface area contributed by atoms with Gasteiger partial charge in [0.05, 0.1) is 29.5 Å². The Bertz CT molecular complexity index is 1220. The maximum atomic E-state index is 13.7. The van der Waals surface area contributed by atoms with Crippen molar-refractivity contribution in [1.82, 2.24) is 9.80 Å². The minimum absolute atomic E-state index is 0.0843. The number of aliphatic hydroxyl groups excluding tert-OH is 1. The smallest absolute Gasteiger partial charge is 0.416 e. The molecule has 0 spiro atoms. The number of urea groups is 1. The zero-order valence-corrected chi connectivity index (χ0v) is 24.4. The van der Waals surface area contributed by atoms with Crippen LogP contribution in [0, 0.1) is 11.8 Å². The highest BCUT2D eigenvalue weighted by atomic mass is 19.4. The zero-order chi connectivity index (χ0) is 30.4. The number of nitrogens with zero attached hydrogens (tertiary/aromatic N) is 2. The molecule has 1 heterocycles. The van der Waals surface area contributed by atoms with E-state index in [1.54, 1.807) is 30.0 Å². The fourth-order valence-corrected chi connectivity index (χ4v) is 5.78. The number of ether oxygens (including phenoxy) is 1. The molecule has 3 amide bonds.